The van der Waals surface area contributed by atoms with E-state index in [9.17, 15) is 18.5 Å². The highest BCUT2D eigenvalue weighted by atomic mass is 32.2. The quantitative estimate of drug-likeness (QED) is 0.383. The summed E-state index contributed by atoms with van der Waals surface area (Å²) in [5.41, 5.74) is 0.608. The molecule has 1 fully saturated rings. The maximum absolute atomic E-state index is 12.8. The lowest BCUT2D eigenvalue weighted by atomic mass is 10.1. The molecule has 0 radical (unpaired) electrons. The largest absolute Gasteiger partial charge is 0.317 e. The van der Waals surface area contributed by atoms with E-state index in [0.717, 1.165) is 25.9 Å². The Hall–Kier alpha value is -1.16. The summed E-state index contributed by atoms with van der Waals surface area (Å²) in [7, 11) is -3.40. The summed E-state index contributed by atoms with van der Waals surface area (Å²) in [6.45, 7) is 1.84. The van der Waals surface area contributed by atoms with Crippen LogP contribution >= 0.6 is 12.6 Å². The molecule has 1 aliphatic rings. The van der Waals surface area contributed by atoms with Crippen LogP contribution in [0.3, 0.4) is 0 Å². The van der Waals surface area contributed by atoms with Crippen LogP contribution in [0.15, 0.2) is 24.3 Å². The smallest absolute Gasteiger partial charge is 0.272 e. The van der Waals surface area contributed by atoms with Gasteiger partial charge in [-0.1, -0.05) is 18.2 Å². The van der Waals surface area contributed by atoms with Crippen molar-refractivity contribution in [3.63, 3.8) is 0 Å². The van der Waals surface area contributed by atoms with Crippen molar-refractivity contribution in [2.45, 2.75) is 31.7 Å². The molecular formula is C16H25N3O4S2. The fourth-order valence-corrected chi connectivity index (χ4v) is 5.29. The Labute approximate surface area is 154 Å². The molecule has 0 spiro atoms. The first kappa shape index (κ1) is 20.2. The van der Waals surface area contributed by atoms with Gasteiger partial charge in [0.2, 0.25) is 10.0 Å². The minimum atomic E-state index is -3.40. The summed E-state index contributed by atoms with van der Waals surface area (Å²) in [5.74, 6) is 0.584. The molecule has 1 aromatic carbocycles. The van der Waals surface area contributed by atoms with Crippen LogP contribution in [-0.4, -0.2) is 54.8 Å². The zero-order valence-electron chi connectivity index (χ0n) is 14.1. The van der Waals surface area contributed by atoms with E-state index in [1.54, 1.807) is 22.5 Å². The zero-order chi connectivity index (χ0) is 18.3. The topological polar surface area (TPSA) is 92.6 Å². The molecule has 1 aliphatic heterocycles. The van der Waals surface area contributed by atoms with E-state index in [1.807, 2.05) is 0 Å². The Bertz CT molecular complexity index is 676. The summed E-state index contributed by atoms with van der Waals surface area (Å²) in [6.07, 6.45) is 2.35. The van der Waals surface area contributed by atoms with Crippen LogP contribution in [0.1, 0.15) is 24.8 Å². The summed E-state index contributed by atoms with van der Waals surface area (Å²) < 4.78 is 27.1. The van der Waals surface area contributed by atoms with E-state index in [4.69, 9.17) is 0 Å². The lowest BCUT2D eigenvalue weighted by molar-refractivity contribution is -0.385. The summed E-state index contributed by atoms with van der Waals surface area (Å²) >= 11 is 4.11. The van der Waals surface area contributed by atoms with Crippen molar-refractivity contribution in [2.75, 3.05) is 31.1 Å². The van der Waals surface area contributed by atoms with Gasteiger partial charge in [-0.15, -0.1) is 0 Å². The third-order valence-electron chi connectivity index (χ3n) is 4.42. The van der Waals surface area contributed by atoms with Gasteiger partial charge in [0, 0.05) is 24.2 Å². The third-order valence-corrected chi connectivity index (χ3v) is 6.74. The summed E-state index contributed by atoms with van der Waals surface area (Å²) in [4.78, 5) is 10.7. The lowest BCUT2D eigenvalue weighted by Crippen LogP contribution is -2.47. The average molecular weight is 388 g/mol. The number of nitro groups is 1. The van der Waals surface area contributed by atoms with E-state index >= 15 is 0 Å². The highest BCUT2D eigenvalue weighted by molar-refractivity contribution is 7.89. The molecule has 1 saturated heterocycles. The molecule has 7 nitrogen and oxygen atoms in total. The number of thiol groups is 1. The average Bonchev–Trinajstić information content (AvgIpc) is 2.61. The van der Waals surface area contributed by atoms with E-state index in [0.29, 0.717) is 24.2 Å². The Morgan fingerprint density at radius 1 is 1.28 bits per heavy atom. The van der Waals surface area contributed by atoms with E-state index in [1.165, 1.54) is 6.07 Å². The summed E-state index contributed by atoms with van der Waals surface area (Å²) in [5, 5.41) is 14.4. The number of hydrogen-bond donors (Lipinski definition) is 2. The van der Waals surface area contributed by atoms with Crippen LogP contribution in [0.2, 0.25) is 0 Å². The molecular weight excluding hydrogens is 362 g/mol. The number of rotatable bonds is 9. The Morgan fingerprint density at radius 3 is 2.60 bits per heavy atom. The maximum Gasteiger partial charge on any atom is 0.272 e. The van der Waals surface area contributed by atoms with Crippen molar-refractivity contribution >= 4 is 28.3 Å². The number of nitro benzene ring substituents is 1. The highest BCUT2D eigenvalue weighted by Crippen LogP contribution is 2.22. The monoisotopic (exact) mass is 387 g/mol. The van der Waals surface area contributed by atoms with Crippen molar-refractivity contribution in [1.82, 2.24) is 9.62 Å². The molecule has 140 valence electrons. The van der Waals surface area contributed by atoms with Crippen LogP contribution < -0.4 is 5.32 Å². The molecule has 9 heteroatoms. The minimum Gasteiger partial charge on any atom is -0.317 e. The van der Waals surface area contributed by atoms with Gasteiger partial charge in [-0.3, -0.25) is 10.1 Å². The van der Waals surface area contributed by atoms with Crippen molar-refractivity contribution < 1.29 is 13.3 Å². The van der Waals surface area contributed by atoms with Crippen molar-refractivity contribution in [2.24, 2.45) is 0 Å². The van der Waals surface area contributed by atoms with E-state index < -0.39 is 14.9 Å². The molecule has 0 saturated carbocycles. The van der Waals surface area contributed by atoms with Gasteiger partial charge < -0.3 is 5.32 Å². The molecule has 0 atom stereocenters. The van der Waals surface area contributed by atoms with Crippen LogP contribution in [0, 0.1) is 10.1 Å². The molecule has 25 heavy (non-hydrogen) atoms. The molecule has 0 aliphatic carbocycles. The van der Waals surface area contributed by atoms with Crippen LogP contribution in [0.4, 0.5) is 5.69 Å². The first-order valence-electron chi connectivity index (χ1n) is 8.49. The second-order valence-corrected chi connectivity index (χ2v) is 8.61. The number of nitrogens with one attached hydrogen (secondary N) is 1. The molecule has 0 amide bonds. The number of sulfonamides is 1. The van der Waals surface area contributed by atoms with Gasteiger partial charge in [0.25, 0.3) is 5.69 Å². The van der Waals surface area contributed by atoms with Crippen LogP contribution in [0.5, 0.6) is 0 Å². The van der Waals surface area contributed by atoms with Crippen molar-refractivity contribution in [3.8, 4) is 0 Å². The molecule has 0 bridgehead atoms. The van der Waals surface area contributed by atoms with Gasteiger partial charge >= 0.3 is 0 Å². The molecule has 1 aromatic rings. The molecule has 0 aromatic heterocycles. The number of benzene rings is 1. The normalized spacial score (nSPS) is 16.2. The third kappa shape index (κ3) is 5.67. The fraction of sp³-hybridized carbons (Fsp3) is 0.625. The maximum atomic E-state index is 12.8. The number of piperidine rings is 1. The zero-order valence-corrected chi connectivity index (χ0v) is 15.8. The number of para-hydroxylation sites is 1. The Morgan fingerprint density at radius 2 is 1.96 bits per heavy atom. The Kier molecular flexibility index (Phi) is 7.67. The van der Waals surface area contributed by atoms with Crippen LogP contribution in [0.25, 0.3) is 0 Å². The predicted molar refractivity (Wildman–Crippen MR) is 102 cm³/mol. The first-order chi connectivity index (χ1) is 12.0. The minimum absolute atomic E-state index is 0.0421. The van der Waals surface area contributed by atoms with Gasteiger partial charge in [0.15, 0.2) is 0 Å². The lowest BCUT2D eigenvalue weighted by Gasteiger charge is -2.33. The van der Waals surface area contributed by atoms with Gasteiger partial charge in [0.05, 0.1) is 10.7 Å². The van der Waals surface area contributed by atoms with Gasteiger partial charge in [-0.25, -0.2) is 8.42 Å². The SMILES string of the molecule is O=[N+]([O-])c1ccccc1CCN(C1CCNCC1)S(=O)(=O)CCCS. The molecule has 2 rings (SSSR count). The van der Waals surface area contributed by atoms with E-state index in [-0.39, 0.29) is 24.0 Å². The van der Waals surface area contributed by atoms with Crippen molar-refractivity contribution in [3.05, 3.63) is 39.9 Å². The second-order valence-electron chi connectivity index (χ2n) is 6.12. The summed E-state index contributed by atoms with van der Waals surface area (Å²) in [6, 6.07) is 6.47. The fourth-order valence-electron chi connectivity index (χ4n) is 3.14. The Balaban J connectivity index is 2.17. The highest BCUT2D eigenvalue weighted by Gasteiger charge is 2.30. The number of hydrogen-bond acceptors (Lipinski definition) is 6. The van der Waals surface area contributed by atoms with E-state index in [2.05, 4.69) is 17.9 Å². The van der Waals surface area contributed by atoms with Crippen molar-refractivity contribution in [1.29, 1.82) is 0 Å². The second kappa shape index (κ2) is 9.51. The predicted octanol–water partition coefficient (Wildman–Crippen LogP) is 1.84. The van der Waals surface area contributed by atoms with Crippen LogP contribution in [-0.2, 0) is 16.4 Å². The standard InChI is InChI=1S/C16H25N3O4S2/c20-19(21)16-5-2-1-4-14(16)8-11-18(15-6-9-17-10-7-15)25(22,23)13-3-12-24/h1-2,4-5,15,17,24H,3,6-13H2. The van der Waals surface area contributed by atoms with Gasteiger partial charge in [-0.2, -0.15) is 16.9 Å². The van der Waals surface area contributed by atoms with Gasteiger partial charge in [0.1, 0.15) is 0 Å². The molecule has 1 N–H and O–H groups in total. The molecule has 0 unspecified atom stereocenters. The van der Waals surface area contributed by atoms with Gasteiger partial charge in [-0.05, 0) is 44.5 Å². The molecule has 1 heterocycles. The number of nitrogens with zero attached hydrogens (tertiary/aromatic N) is 2. The first-order valence-corrected chi connectivity index (χ1v) is 10.7.